The summed E-state index contributed by atoms with van der Waals surface area (Å²) >= 11 is 13.4. The van der Waals surface area contributed by atoms with Crippen LogP contribution in [0.25, 0.3) is 11.1 Å². The Morgan fingerprint density at radius 1 is 0.919 bits per heavy atom. The average Bonchev–Trinajstić information content (AvgIpc) is 3.26. The van der Waals surface area contributed by atoms with E-state index in [1.807, 2.05) is 36.4 Å². The normalized spacial score (nSPS) is 24.9. The number of benzene rings is 2. The molecule has 1 saturated heterocycles. The minimum absolute atomic E-state index is 0.0562. The van der Waals surface area contributed by atoms with E-state index in [4.69, 9.17) is 28.9 Å². The van der Waals surface area contributed by atoms with Crippen LogP contribution in [0.2, 0.25) is 10.0 Å². The van der Waals surface area contributed by atoms with Crippen molar-refractivity contribution in [1.82, 2.24) is 10.2 Å². The highest BCUT2D eigenvalue weighted by atomic mass is 35.5. The minimum Gasteiger partial charge on any atom is -0.349 e. The summed E-state index contributed by atoms with van der Waals surface area (Å²) < 4.78 is 0. The third-order valence-electron chi connectivity index (χ3n) is 8.49. The second-order valence-corrected chi connectivity index (χ2v) is 11.9. The standard InChI is InChI=1S/C30H37Cl2N3O2/c31-27-16-22(19-9-11-20(12-10-19)29(36)34-24-6-4-5-23(33)18-24)17-28(32)26(27)15-21-13-14-35(30(21)37)25-7-2-1-3-8-25/h9-12,16-17,21,23-25H,1-8,13-15,18,33H2,(H,34,36). The highest BCUT2D eigenvalue weighted by Gasteiger charge is 2.36. The summed E-state index contributed by atoms with van der Waals surface area (Å²) in [5, 5.41) is 4.29. The van der Waals surface area contributed by atoms with Gasteiger partial charge in [-0.1, -0.05) is 54.6 Å². The van der Waals surface area contributed by atoms with Gasteiger partial charge in [0.15, 0.2) is 0 Å². The lowest BCUT2D eigenvalue weighted by Crippen LogP contribution is -2.42. The maximum absolute atomic E-state index is 13.1. The van der Waals surface area contributed by atoms with Gasteiger partial charge in [0.1, 0.15) is 0 Å². The molecule has 2 aromatic rings. The molecule has 2 amide bonds. The van der Waals surface area contributed by atoms with Crippen molar-refractivity contribution in [3.05, 3.63) is 57.6 Å². The number of rotatable bonds is 6. The van der Waals surface area contributed by atoms with E-state index in [1.54, 1.807) is 0 Å². The van der Waals surface area contributed by atoms with Gasteiger partial charge in [-0.25, -0.2) is 0 Å². The number of likely N-dealkylation sites (tertiary alicyclic amines) is 1. The predicted octanol–water partition coefficient (Wildman–Crippen LogP) is 6.38. The van der Waals surface area contributed by atoms with Crippen molar-refractivity contribution >= 4 is 35.0 Å². The fourth-order valence-electron chi connectivity index (χ4n) is 6.36. The maximum atomic E-state index is 13.1. The SMILES string of the molecule is NC1CCCC(NC(=O)c2ccc(-c3cc(Cl)c(CC4CCN(C5CCCCC5)C4=O)c(Cl)c3)cc2)C1. The molecule has 1 aliphatic heterocycles. The minimum atomic E-state index is -0.0689. The zero-order valence-electron chi connectivity index (χ0n) is 21.4. The second-order valence-electron chi connectivity index (χ2n) is 11.1. The Kier molecular flexibility index (Phi) is 8.43. The molecule has 0 radical (unpaired) electrons. The number of carbonyl (C=O) groups excluding carboxylic acids is 2. The van der Waals surface area contributed by atoms with E-state index in [2.05, 4.69) is 10.2 Å². The summed E-state index contributed by atoms with van der Waals surface area (Å²) in [5.41, 5.74) is 9.36. The van der Waals surface area contributed by atoms with Crippen LogP contribution in [0.3, 0.4) is 0 Å². The first kappa shape index (κ1) is 26.5. The van der Waals surface area contributed by atoms with E-state index in [0.717, 1.165) is 68.2 Å². The fourth-order valence-corrected chi connectivity index (χ4v) is 7.00. The molecule has 37 heavy (non-hydrogen) atoms. The highest BCUT2D eigenvalue weighted by molar-refractivity contribution is 6.36. The van der Waals surface area contributed by atoms with Gasteiger partial charge < -0.3 is 16.0 Å². The topological polar surface area (TPSA) is 75.4 Å². The number of nitrogens with two attached hydrogens (primary N) is 1. The van der Waals surface area contributed by atoms with Gasteiger partial charge in [0.05, 0.1) is 0 Å². The van der Waals surface area contributed by atoms with Crippen LogP contribution in [0.5, 0.6) is 0 Å². The van der Waals surface area contributed by atoms with Gasteiger partial charge in [0.2, 0.25) is 5.91 Å². The highest BCUT2D eigenvalue weighted by Crippen LogP contribution is 2.36. The molecule has 3 N–H and O–H groups in total. The van der Waals surface area contributed by atoms with Crippen molar-refractivity contribution in [2.75, 3.05) is 6.54 Å². The van der Waals surface area contributed by atoms with Crippen LogP contribution in [0, 0.1) is 5.92 Å². The van der Waals surface area contributed by atoms with Crippen molar-refractivity contribution in [2.24, 2.45) is 11.7 Å². The molecule has 5 nitrogen and oxygen atoms in total. The number of halogens is 2. The van der Waals surface area contributed by atoms with Gasteiger partial charge in [0.25, 0.3) is 5.91 Å². The lowest BCUT2D eigenvalue weighted by molar-refractivity contribution is -0.133. The largest absolute Gasteiger partial charge is 0.349 e. The quantitative estimate of drug-likeness (QED) is 0.445. The summed E-state index contributed by atoms with van der Waals surface area (Å²) in [6.07, 6.45) is 11.3. The average molecular weight is 543 g/mol. The molecule has 2 saturated carbocycles. The Bertz CT molecular complexity index is 1110. The zero-order chi connectivity index (χ0) is 25.9. The number of amides is 2. The van der Waals surface area contributed by atoms with Gasteiger partial charge in [-0.2, -0.15) is 0 Å². The Morgan fingerprint density at radius 3 is 2.30 bits per heavy atom. The summed E-state index contributed by atoms with van der Waals surface area (Å²) in [6, 6.07) is 12.1. The van der Waals surface area contributed by atoms with Crippen molar-refractivity contribution in [1.29, 1.82) is 0 Å². The molecule has 3 unspecified atom stereocenters. The monoisotopic (exact) mass is 541 g/mol. The van der Waals surface area contributed by atoms with E-state index >= 15 is 0 Å². The van der Waals surface area contributed by atoms with Crippen LogP contribution in [-0.4, -0.2) is 41.4 Å². The van der Waals surface area contributed by atoms with E-state index in [1.165, 1.54) is 19.3 Å². The molecule has 0 spiro atoms. The van der Waals surface area contributed by atoms with Crippen molar-refractivity contribution < 1.29 is 9.59 Å². The van der Waals surface area contributed by atoms with Crippen LogP contribution < -0.4 is 11.1 Å². The van der Waals surface area contributed by atoms with Crippen molar-refractivity contribution in [3.8, 4) is 11.1 Å². The summed E-state index contributed by atoms with van der Waals surface area (Å²) in [7, 11) is 0. The van der Waals surface area contributed by atoms with Crippen LogP contribution >= 0.6 is 23.2 Å². The Morgan fingerprint density at radius 2 is 1.62 bits per heavy atom. The predicted molar refractivity (Wildman–Crippen MR) is 150 cm³/mol. The number of hydrogen-bond donors (Lipinski definition) is 2. The molecule has 7 heteroatoms. The van der Waals surface area contributed by atoms with Crippen molar-refractivity contribution in [2.45, 2.75) is 88.8 Å². The van der Waals surface area contributed by atoms with Gasteiger partial charge >= 0.3 is 0 Å². The van der Waals surface area contributed by atoms with Crippen molar-refractivity contribution in [3.63, 3.8) is 0 Å². The van der Waals surface area contributed by atoms with Gasteiger partial charge in [-0.05, 0) is 92.3 Å². The van der Waals surface area contributed by atoms with E-state index in [0.29, 0.717) is 28.1 Å². The Hall–Kier alpha value is -2.08. The van der Waals surface area contributed by atoms with Crippen LogP contribution in [0.1, 0.15) is 80.1 Å². The van der Waals surface area contributed by atoms with E-state index < -0.39 is 0 Å². The molecule has 3 fully saturated rings. The summed E-state index contributed by atoms with van der Waals surface area (Å²) in [6.45, 7) is 0.842. The van der Waals surface area contributed by atoms with E-state index in [9.17, 15) is 9.59 Å². The molecule has 5 rings (SSSR count). The molecule has 1 heterocycles. The third kappa shape index (κ3) is 6.16. The van der Waals surface area contributed by atoms with Crippen LogP contribution in [0.4, 0.5) is 0 Å². The molecule has 198 valence electrons. The Labute approximate surface area is 230 Å². The summed E-state index contributed by atoms with van der Waals surface area (Å²) in [5.74, 6) is 0.132. The molecular weight excluding hydrogens is 505 g/mol. The molecule has 3 aliphatic rings. The lowest BCUT2D eigenvalue weighted by atomic mass is 9.91. The zero-order valence-corrected chi connectivity index (χ0v) is 22.9. The molecule has 2 aromatic carbocycles. The fraction of sp³-hybridized carbons (Fsp3) is 0.533. The Balaban J connectivity index is 1.24. The van der Waals surface area contributed by atoms with E-state index in [-0.39, 0.29) is 29.8 Å². The van der Waals surface area contributed by atoms with Gasteiger partial charge in [-0.15, -0.1) is 0 Å². The molecule has 0 bridgehead atoms. The number of nitrogens with zero attached hydrogens (tertiary/aromatic N) is 1. The number of nitrogens with one attached hydrogen (secondary N) is 1. The maximum Gasteiger partial charge on any atom is 0.251 e. The van der Waals surface area contributed by atoms with Crippen LogP contribution in [0.15, 0.2) is 36.4 Å². The van der Waals surface area contributed by atoms with Crippen LogP contribution in [-0.2, 0) is 11.2 Å². The molecule has 2 aliphatic carbocycles. The number of hydrogen-bond acceptors (Lipinski definition) is 3. The first-order valence-corrected chi connectivity index (χ1v) is 14.6. The molecule has 3 atom stereocenters. The first-order valence-electron chi connectivity index (χ1n) is 13.8. The van der Waals surface area contributed by atoms with Gasteiger partial charge in [0, 0.05) is 46.2 Å². The smallest absolute Gasteiger partial charge is 0.251 e. The molecule has 0 aromatic heterocycles. The third-order valence-corrected chi connectivity index (χ3v) is 9.16. The summed E-state index contributed by atoms with van der Waals surface area (Å²) in [4.78, 5) is 28.0. The molecular formula is C30H37Cl2N3O2. The lowest BCUT2D eigenvalue weighted by Gasteiger charge is -2.31. The second kappa shape index (κ2) is 11.8. The first-order chi connectivity index (χ1) is 17.9. The number of carbonyl (C=O) groups is 2. The van der Waals surface area contributed by atoms with Gasteiger partial charge in [-0.3, -0.25) is 9.59 Å².